The summed E-state index contributed by atoms with van der Waals surface area (Å²) in [6.45, 7) is 6.88. The summed E-state index contributed by atoms with van der Waals surface area (Å²) in [5.74, 6) is 7.40. The van der Waals surface area contributed by atoms with Crippen LogP contribution in [0.1, 0.15) is 31.7 Å². The van der Waals surface area contributed by atoms with Crippen LogP contribution < -0.4 is 5.19 Å². The normalized spacial score (nSPS) is 23.5. The summed E-state index contributed by atoms with van der Waals surface area (Å²) in [7, 11) is -2.00. The summed E-state index contributed by atoms with van der Waals surface area (Å²) in [6.07, 6.45) is 3.43. The van der Waals surface area contributed by atoms with Gasteiger partial charge in [-0.15, -0.1) is 0 Å². The quantitative estimate of drug-likeness (QED) is 0.583. The summed E-state index contributed by atoms with van der Waals surface area (Å²) in [5, 5.41) is 1.34. The van der Waals surface area contributed by atoms with Crippen molar-refractivity contribution < 1.29 is 4.43 Å². The molecule has 1 aliphatic rings. The Morgan fingerprint density at radius 1 is 1.00 bits per heavy atom. The van der Waals surface area contributed by atoms with E-state index >= 15 is 0 Å². The Bertz CT molecular complexity index is 727. The van der Waals surface area contributed by atoms with Crippen LogP contribution in [0, 0.1) is 17.8 Å². The molecule has 0 heterocycles. The van der Waals surface area contributed by atoms with Gasteiger partial charge in [0.1, 0.15) is 5.60 Å². The molecule has 0 N–H and O–H groups in total. The van der Waals surface area contributed by atoms with E-state index in [1.54, 1.807) is 0 Å². The zero-order valence-corrected chi connectivity index (χ0v) is 15.9. The van der Waals surface area contributed by atoms with Crippen molar-refractivity contribution >= 4 is 13.5 Å². The van der Waals surface area contributed by atoms with Gasteiger partial charge in [0.05, 0.1) is 0 Å². The second-order valence-electron chi connectivity index (χ2n) is 7.28. The van der Waals surface area contributed by atoms with Crippen LogP contribution in [-0.4, -0.2) is 13.9 Å². The molecule has 2 aromatic carbocycles. The molecule has 0 spiro atoms. The monoisotopic (exact) mass is 334 g/mol. The smallest absolute Gasteiger partial charge is 0.220 e. The number of benzene rings is 2. The van der Waals surface area contributed by atoms with Gasteiger partial charge < -0.3 is 4.43 Å². The molecule has 1 nitrogen and oxygen atoms in total. The minimum atomic E-state index is -2.00. The molecular weight excluding hydrogens is 308 g/mol. The van der Waals surface area contributed by atoms with Crippen LogP contribution in [-0.2, 0) is 4.43 Å². The summed E-state index contributed by atoms with van der Waals surface area (Å²) in [6, 6.07) is 20.9. The standard InChI is InChI=1S/C22H26OSi/c1-19-11-10-17-22(19,18-16-20-12-6-4-7-13-20)23-24(2,3)21-14-8-5-9-15-21/h4-9,12-15,19H,10-11,17H2,1-3H3/t19-,22+/m1/s1. The van der Waals surface area contributed by atoms with E-state index in [1.165, 1.54) is 18.0 Å². The Labute approximate surface area is 147 Å². The Hall–Kier alpha value is -1.82. The second kappa shape index (κ2) is 6.97. The van der Waals surface area contributed by atoms with E-state index in [4.69, 9.17) is 4.43 Å². The number of rotatable bonds is 3. The molecule has 0 radical (unpaired) electrons. The SMILES string of the molecule is C[C@@H]1CCC[C@@]1(C#Cc1ccccc1)O[Si](C)(C)c1ccccc1. The first kappa shape index (κ1) is 17.0. The molecular formula is C22H26OSi. The topological polar surface area (TPSA) is 9.23 Å². The van der Waals surface area contributed by atoms with Gasteiger partial charge in [-0.2, -0.15) is 0 Å². The predicted molar refractivity (Wildman–Crippen MR) is 104 cm³/mol. The molecule has 2 atom stereocenters. The van der Waals surface area contributed by atoms with Crippen LogP contribution in [0.4, 0.5) is 0 Å². The molecule has 2 heteroatoms. The third kappa shape index (κ3) is 3.64. The summed E-state index contributed by atoms with van der Waals surface area (Å²) in [5.41, 5.74) is 0.764. The lowest BCUT2D eigenvalue weighted by molar-refractivity contribution is 0.0905. The van der Waals surface area contributed by atoms with Crippen molar-refractivity contribution in [1.29, 1.82) is 0 Å². The molecule has 3 rings (SSSR count). The molecule has 24 heavy (non-hydrogen) atoms. The second-order valence-corrected chi connectivity index (χ2v) is 11.1. The van der Waals surface area contributed by atoms with Gasteiger partial charge in [-0.1, -0.05) is 67.3 Å². The Kier molecular flexibility index (Phi) is 4.94. The van der Waals surface area contributed by atoms with E-state index in [-0.39, 0.29) is 5.60 Å². The van der Waals surface area contributed by atoms with Crippen LogP contribution in [0.15, 0.2) is 60.7 Å². The minimum absolute atomic E-state index is 0.304. The Morgan fingerprint density at radius 2 is 1.62 bits per heavy atom. The van der Waals surface area contributed by atoms with Crippen molar-refractivity contribution in [1.82, 2.24) is 0 Å². The van der Waals surface area contributed by atoms with Crippen LogP contribution in [0.5, 0.6) is 0 Å². The van der Waals surface area contributed by atoms with Gasteiger partial charge in [-0.3, -0.25) is 0 Å². The molecule has 0 bridgehead atoms. The highest BCUT2D eigenvalue weighted by molar-refractivity contribution is 6.84. The number of hydrogen-bond acceptors (Lipinski definition) is 1. The van der Waals surface area contributed by atoms with Crippen LogP contribution in [0.3, 0.4) is 0 Å². The molecule has 0 saturated heterocycles. The van der Waals surface area contributed by atoms with Crippen molar-refractivity contribution in [3.05, 3.63) is 66.2 Å². The lowest BCUT2D eigenvalue weighted by Crippen LogP contribution is -2.53. The lowest BCUT2D eigenvalue weighted by Gasteiger charge is -2.37. The molecule has 0 aliphatic heterocycles. The maximum absolute atomic E-state index is 6.87. The van der Waals surface area contributed by atoms with E-state index < -0.39 is 8.32 Å². The molecule has 124 valence electrons. The molecule has 1 aliphatic carbocycles. The maximum atomic E-state index is 6.87. The predicted octanol–water partition coefficient (Wildman–Crippen LogP) is 4.73. The average molecular weight is 335 g/mol. The molecule has 0 aromatic heterocycles. The van der Waals surface area contributed by atoms with Gasteiger partial charge in [0.25, 0.3) is 0 Å². The highest BCUT2D eigenvalue weighted by Gasteiger charge is 2.45. The summed E-state index contributed by atoms with van der Waals surface area (Å²) in [4.78, 5) is 0. The number of hydrogen-bond donors (Lipinski definition) is 0. The van der Waals surface area contributed by atoms with E-state index in [0.29, 0.717) is 5.92 Å². The Morgan fingerprint density at radius 3 is 2.21 bits per heavy atom. The third-order valence-electron chi connectivity index (χ3n) is 5.08. The van der Waals surface area contributed by atoms with E-state index in [1.807, 2.05) is 18.2 Å². The van der Waals surface area contributed by atoms with Gasteiger partial charge in [0.15, 0.2) is 0 Å². The van der Waals surface area contributed by atoms with E-state index in [2.05, 4.69) is 74.3 Å². The van der Waals surface area contributed by atoms with Gasteiger partial charge >= 0.3 is 0 Å². The van der Waals surface area contributed by atoms with Gasteiger partial charge in [0, 0.05) is 5.56 Å². The summed E-state index contributed by atoms with van der Waals surface area (Å²) < 4.78 is 6.87. The van der Waals surface area contributed by atoms with Crippen molar-refractivity contribution in [2.45, 2.75) is 44.9 Å². The van der Waals surface area contributed by atoms with Crippen molar-refractivity contribution in [2.75, 3.05) is 0 Å². The first-order chi connectivity index (χ1) is 11.5. The zero-order valence-electron chi connectivity index (χ0n) is 14.9. The highest BCUT2D eigenvalue weighted by Crippen LogP contribution is 2.40. The van der Waals surface area contributed by atoms with Gasteiger partial charge in [0.2, 0.25) is 8.32 Å². The Balaban J connectivity index is 1.92. The first-order valence-electron chi connectivity index (χ1n) is 8.86. The molecule has 1 fully saturated rings. The largest absolute Gasteiger partial charge is 0.397 e. The van der Waals surface area contributed by atoms with Gasteiger partial charge in [-0.25, -0.2) is 0 Å². The maximum Gasteiger partial charge on any atom is 0.220 e. The van der Waals surface area contributed by atoms with Crippen LogP contribution in [0.2, 0.25) is 13.1 Å². The van der Waals surface area contributed by atoms with Crippen LogP contribution in [0.25, 0.3) is 0 Å². The highest BCUT2D eigenvalue weighted by atomic mass is 28.4. The molecule has 2 aromatic rings. The van der Waals surface area contributed by atoms with Crippen molar-refractivity contribution in [3.63, 3.8) is 0 Å². The van der Waals surface area contributed by atoms with Crippen molar-refractivity contribution in [2.24, 2.45) is 5.92 Å². The van der Waals surface area contributed by atoms with Gasteiger partial charge in [-0.05, 0) is 55.6 Å². The fraction of sp³-hybridized carbons (Fsp3) is 0.364. The van der Waals surface area contributed by atoms with Crippen LogP contribution >= 0.6 is 0 Å². The molecule has 1 saturated carbocycles. The molecule has 0 amide bonds. The third-order valence-corrected chi connectivity index (χ3v) is 7.68. The zero-order chi connectivity index (χ0) is 17.0. The molecule has 0 unspecified atom stereocenters. The minimum Gasteiger partial charge on any atom is -0.397 e. The first-order valence-corrected chi connectivity index (χ1v) is 11.8. The average Bonchev–Trinajstić information content (AvgIpc) is 2.95. The fourth-order valence-corrected chi connectivity index (χ4v) is 5.94. The lowest BCUT2D eigenvalue weighted by atomic mass is 9.93. The fourth-order valence-electron chi connectivity index (χ4n) is 3.57. The summed E-state index contributed by atoms with van der Waals surface area (Å²) >= 11 is 0. The van der Waals surface area contributed by atoms with E-state index in [9.17, 15) is 0 Å². The van der Waals surface area contributed by atoms with E-state index in [0.717, 1.165) is 12.0 Å². The van der Waals surface area contributed by atoms with Crippen molar-refractivity contribution in [3.8, 4) is 11.8 Å².